The monoisotopic (exact) mass is 532 g/mol. The first-order valence-electron chi connectivity index (χ1n) is 9.45. The summed E-state index contributed by atoms with van der Waals surface area (Å²) in [4.78, 5) is 21.5. The van der Waals surface area contributed by atoms with Crippen LogP contribution >= 0.6 is 46.7 Å². The van der Waals surface area contributed by atoms with Crippen molar-refractivity contribution in [3.8, 4) is 0 Å². The molecule has 1 aliphatic heterocycles. The fraction of sp³-hybridized carbons (Fsp3) is 0.500. The molecule has 0 aliphatic carbocycles. The van der Waals surface area contributed by atoms with Gasteiger partial charge in [-0.1, -0.05) is 13.0 Å². The van der Waals surface area contributed by atoms with E-state index in [-0.39, 0.29) is 29.9 Å². The van der Waals surface area contributed by atoms with Gasteiger partial charge in [0.05, 0.1) is 0 Å². The number of nitrogens with zero attached hydrogens (tertiary/aromatic N) is 2. The summed E-state index contributed by atoms with van der Waals surface area (Å²) in [5.74, 6) is 1.50. The minimum absolute atomic E-state index is 0. The topological polar surface area (TPSA) is 56.7 Å². The predicted molar refractivity (Wildman–Crippen MR) is 130 cm³/mol. The average Bonchev–Trinajstić information content (AvgIpc) is 3.35. The zero-order chi connectivity index (χ0) is 19.1. The molecule has 1 unspecified atom stereocenters. The fourth-order valence-corrected chi connectivity index (χ4v) is 5.00. The van der Waals surface area contributed by atoms with Gasteiger partial charge in [0.25, 0.3) is 0 Å². The van der Waals surface area contributed by atoms with Crippen LogP contribution in [-0.4, -0.2) is 43.4 Å². The number of guanidine groups is 1. The lowest BCUT2D eigenvalue weighted by Crippen LogP contribution is -2.42. The number of hydrogen-bond donors (Lipinski definition) is 2. The molecule has 1 amide bonds. The molecule has 3 heterocycles. The molecule has 2 aromatic heterocycles. The van der Waals surface area contributed by atoms with Crippen LogP contribution in [0.1, 0.15) is 28.7 Å². The maximum absolute atomic E-state index is 12.5. The van der Waals surface area contributed by atoms with Crippen LogP contribution in [0.4, 0.5) is 0 Å². The number of carbonyl (C=O) groups excluding carboxylic acids is 1. The maximum Gasteiger partial charge on any atom is 0.224 e. The molecule has 154 valence electrons. The molecule has 0 aromatic carbocycles. The first-order valence-corrected chi connectivity index (χ1v) is 11.2. The second-order valence-corrected chi connectivity index (χ2v) is 8.99. The number of thiophene rings is 2. The molecule has 0 saturated carbocycles. The molecule has 0 bridgehead atoms. The van der Waals surface area contributed by atoms with Crippen LogP contribution in [0.25, 0.3) is 0 Å². The van der Waals surface area contributed by atoms with Gasteiger partial charge in [-0.3, -0.25) is 9.79 Å². The molecule has 1 aliphatic rings. The Labute approximate surface area is 192 Å². The van der Waals surface area contributed by atoms with Crippen molar-refractivity contribution in [2.24, 2.45) is 10.9 Å². The van der Waals surface area contributed by atoms with Crippen LogP contribution in [0.3, 0.4) is 0 Å². The van der Waals surface area contributed by atoms with Crippen molar-refractivity contribution in [3.05, 3.63) is 44.3 Å². The smallest absolute Gasteiger partial charge is 0.224 e. The molecule has 2 N–H and O–H groups in total. The molecule has 1 atom stereocenters. The summed E-state index contributed by atoms with van der Waals surface area (Å²) in [6.45, 7) is 5.28. The van der Waals surface area contributed by atoms with Gasteiger partial charge in [0.15, 0.2) is 5.96 Å². The zero-order valence-corrected chi connectivity index (χ0v) is 20.4. The number of amides is 1. The lowest BCUT2D eigenvalue weighted by Gasteiger charge is -2.27. The molecule has 2 aromatic rings. The Morgan fingerprint density at radius 3 is 2.89 bits per heavy atom. The van der Waals surface area contributed by atoms with Crippen LogP contribution in [0.5, 0.6) is 0 Å². The molecular formula is C20H29IN4OS2. The van der Waals surface area contributed by atoms with Gasteiger partial charge in [0.1, 0.15) is 0 Å². The Kier molecular flexibility index (Phi) is 9.73. The summed E-state index contributed by atoms with van der Waals surface area (Å²) in [7, 11) is 1.77. The second-order valence-electron chi connectivity index (χ2n) is 6.95. The second kappa shape index (κ2) is 11.8. The van der Waals surface area contributed by atoms with Crippen LogP contribution in [0, 0.1) is 5.92 Å². The van der Waals surface area contributed by atoms with E-state index in [0.717, 1.165) is 38.4 Å². The van der Waals surface area contributed by atoms with Gasteiger partial charge in [-0.2, -0.15) is 0 Å². The summed E-state index contributed by atoms with van der Waals surface area (Å²) >= 11 is 3.60. The van der Waals surface area contributed by atoms with Gasteiger partial charge in [0.2, 0.25) is 5.91 Å². The number of nitrogens with one attached hydrogen (secondary N) is 2. The minimum atomic E-state index is 0. The maximum atomic E-state index is 12.5. The minimum Gasteiger partial charge on any atom is -0.356 e. The van der Waals surface area contributed by atoms with E-state index in [1.165, 1.54) is 15.3 Å². The normalized spacial score (nSPS) is 14.8. The summed E-state index contributed by atoms with van der Waals surface area (Å²) in [5, 5.41) is 10.9. The van der Waals surface area contributed by atoms with Gasteiger partial charge in [-0.15, -0.1) is 46.7 Å². The highest BCUT2D eigenvalue weighted by Gasteiger charge is 2.21. The summed E-state index contributed by atoms with van der Waals surface area (Å²) in [5.41, 5.74) is 1.31. The van der Waals surface area contributed by atoms with Crippen LogP contribution in [-0.2, 0) is 24.2 Å². The molecule has 0 fully saturated rings. The highest BCUT2D eigenvalue weighted by atomic mass is 127. The van der Waals surface area contributed by atoms with Crippen molar-refractivity contribution >= 4 is 58.5 Å². The molecule has 0 radical (unpaired) electrons. The molecule has 0 spiro atoms. The van der Waals surface area contributed by atoms with E-state index in [1.807, 2.05) is 4.90 Å². The third kappa shape index (κ3) is 6.73. The van der Waals surface area contributed by atoms with Gasteiger partial charge < -0.3 is 15.5 Å². The van der Waals surface area contributed by atoms with Gasteiger partial charge in [-0.25, -0.2) is 0 Å². The Morgan fingerprint density at radius 1 is 1.29 bits per heavy atom. The number of aliphatic imine (C=N–C) groups is 1. The molecule has 8 heteroatoms. The summed E-state index contributed by atoms with van der Waals surface area (Å²) < 4.78 is 0. The van der Waals surface area contributed by atoms with Gasteiger partial charge >= 0.3 is 0 Å². The van der Waals surface area contributed by atoms with Crippen LogP contribution in [0.15, 0.2) is 34.0 Å². The summed E-state index contributed by atoms with van der Waals surface area (Å²) in [6, 6.07) is 6.42. The van der Waals surface area contributed by atoms with Crippen molar-refractivity contribution in [1.29, 1.82) is 0 Å². The zero-order valence-electron chi connectivity index (χ0n) is 16.4. The first kappa shape index (κ1) is 23.2. The quantitative estimate of drug-likeness (QED) is 0.325. The number of hydrogen-bond acceptors (Lipinski definition) is 4. The Hall–Kier alpha value is -1.13. The van der Waals surface area contributed by atoms with Crippen LogP contribution in [0.2, 0.25) is 0 Å². The molecule has 0 saturated heterocycles. The van der Waals surface area contributed by atoms with E-state index >= 15 is 0 Å². The number of halogens is 1. The standard InChI is InChI=1S/C20H28N4OS2.HI/c1-15(12-17-4-3-10-26-17)13-23-20(21-2)22-8-5-19(25)24-9-6-18-16(14-24)7-11-27-18;/h3-4,7,10-11,15H,5-6,8-9,12-14H2,1-2H3,(H2,21,22,23);1H. The van der Waals surface area contributed by atoms with Crippen molar-refractivity contribution in [2.75, 3.05) is 26.7 Å². The van der Waals surface area contributed by atoms with E-state index in [0.29, 0.717) is 18.9 Å². The van der Waals surface area contributed by atoms with Gasteiger partial charge in [-0.05, 0) is 47.2 Å². The van der Waals surface area contributed by atoms with E-state index in [9.17, 15) is 4.79 Å². The van der Waals surface area contributed by atoms with Crippen molar-refractivity contribution in [3.63, 3.8) is 0 Å². The Balaban J connectivity index is 0.00000280. The lowest BCUT2D eigenvalue weighted by atomic mass is 10.1. The SMILES string of the molecule is CN=C(NCCC(=O)N1CCc2sccc2C1)NCC(C)Cc1cccs1.I. The molecule has 28 heavy (non-hydrogen) atoms. The largest absolute Gasteiger partial charge is 0.356 e. The number of carbonyl (C=O) groups is 1. The molecular weight excluding hydrogens is 503 g/mol. The molecule has 5 nitrogen and oxygen atoms in total. The van der Waals surface area contributed by atoms with Crippen molar-refractivity contribution < 1.29 is 4.79 Å². The average molecular weight is 533 g/mol. The van der Waals surface area contributed by atoms with Crippen molar-refractivity contribution in [1.82, 2.24) is 15.5 Å². The van der Waals surface area contributed by atoms with E-state index in [4.69, 9.17) is 0 Å². The summed E-state index contributed by atoms with van der Waals surface area (Å²) in [6.07, 6.45) is 2.54. The van der Waals surface area contributed by atoms with E-state index < -0.39 is 0 Å². The number of rotatable bonds is 7. The lowest BCUT2D eigenvalue weighted by molar-refractivity contribution is -0.131. The fourth-order valence-electron chi connectivity index (χ4n) is 3.24. The number of fused-ring (bicyclic) bond motifs is 1. The highest BCUT2D eigenvalue weighted by molar-refractivity contribution is 14.0. The van der Waals surface area contributed by atoms with E-state index in [1.54, 1.807) is 29.7 Å². The van der Waals surface area contributed by atoms with Gasteiger partial charge in [0, 0.05) is 49.4 Å². The molecule has 3 rings (SSSR count). The first-order chi connectivity index (χ1) is 13.2. The Bertz CT molecular complexity index is 760. The Morgan fingerprint density at radius 2 is 2.14 bits per heavy atom. The van der Waals surface area contributed by atoms with Crippen LogP contribution < -0.4 is 10.6 Å². The van der Waals surface area contributed by atoms with Crippen molar-refractivity contribution in [2.45, 2.75) is 32.7 Å². The highest BCUT2D eigenvalue weighted by Crippen LogP contribution is 2.24. The third-order valence-corrected chi connectivity index (χ3v) is 6.68. The van der Waals surface area contributed by atoms with E-state index in [2.05, 4.69) is 51.5 Å². The third-order valence-electron chi connectivity index (χ3n) is 4.76. The predicted octanol–water partition coefficient (Wildman–Crippen LogP) is 3.75.